The Labute approximate surface area is 154 Å². The summed E-state index contributed by atoms with van der Waals surface area (Å²) in [5.74, 6) is 0.964. The molecule has 1 fully saturated rings. The molecule has 2 aliphatic rings. The average molecular weight is 351 g/mol. The van der Waals surface area contributed by atoms with Crippen LogP contribution in [0.1, 0.15) is 43.1 Å². The van der Waals surface area contributed by atoms with E-state index in [1.54, 1.807) is 6.33 Å². The maximum atomic E-state index is 5.44. The molecular weight excluding hydrogens is 326 g/mol. The summed E-state index contributed by atoms with van der Waals surface area (Å²) in [6.07, 6.45) is 4.96. The van der Waals surface area contributed by atoms with Crippen LogP contribution in [0.2, 0.25) is 0 Å². The summed E-state index contributed by atoms with van der Waals surface area (Å²) in [6, 6.07) is 8.61. The van der Waals surface area contributed by atoms with Crippen LogP contribution in [0.5, 0.6) is 0 Å². The van der Waals surface area contributed by atoms with Gasteiger partial charge < -0.3 is 15.1 Å². The molecule has 6 heteroatoms. The Morgan fingerprint density at radius 1 is 1.27 bits per heavy atom. The largest absolute Gasteiger partial charge is 0.378 e. The van der Waals surface area contributed by atoms with Gasteiger partial charge in [0.2, 0.25) is 0 Å². The van der Waals surface area contributed by atoms with Crippen molar-refractivity contribution in [2.24, 2.45) is 0 Å². The highest BCUT2D eigenvalue weighted by atomic mass is 16.5. The predicted molar refractivity (Wildman–Crippen MR) is 104 cm³/mol. The average Bonchev–Trinajstić information content (AvgIpc) is 3.12. The molecule has 0 saturated carbocycles. The summed E-state index contributed by atoms with van der Waals surface area (Å²) in [6.45, 7) is 7.58. The topological polar surface area (TPSA) is 62.3 Å². The van der Waals surface area contributed by atoms with Crippen LogP contribution in [-0.2, 0) is 4.74 Å². The lowest BCUT2D eigenvalue weighted by Crippen LogP contribution is -2.37. The third-order valence-electron chi connectivity index (χ3n) is 5.01. The number of allylic oxidation sites excluding steroid dienone is 1. The standard InChI is InChI=1S/C20H25N5O/c1-3-14(2)10-15-4-5-17-16(11-15)20(24-23-17)18-12-19(22-13-21-18)25-6-8-26-9-7-25/h4-5,10-13,20,23-24H,3,6-9H2,1-2H3. The van der Waals surface area contributed by atoms with E-state index in [1.165, 1.54) is 16.7 Å². The maximum absolute atomic E-state index is 5.44. The van der Waals surface area contributed by atoms with Gasteiger partial charge in [-0.3, -0.25) is 0 Å². The first-order valence-electron chi connectivity index (χ1n) is 9.22. The van der Waals surface area contributed by atoms with E-state index in [0.29, 0.717) is 0 Å². The number of hydrogen-bond donors (Lipinski definition) is 2. The highest BCUT2D eigenvalue weighted by Crippen LogP contribution is 2.34. The van der Waals surface area contributed by atoms with Gasteiger partial charge in [-0.2, -0.15) is 0 Å². The molecule has 0 spiro atoms. The van der Waals surface area contributed by atoms with Crippen molar-refractivity contribution in [2.45, 2.75) is 26.3 Å². The molecule has 2 N–H and O–H groups in total. The van der Waals surface area contributed by atoms with Gasteiger partial charge in [0, 0.05) is 24.7 Å². The fraction of sp³-hybridized carbons (Fsp3) is 0.400. The zero-order chi connectivity index (χ0) is 17.9. The Balaban J connectivity index is 1.63. The zero-order valence-corrected chi connectivity index (χ0v) is 15.3. The lowest BCUT2D eigenvalue weighted by molar-refractivity contribution is 0.122. The van der Waals surface area contributed by atoms with Crippen LogP contribution >= 0.6 is 0 Å². The molecule has 1 aromatic heterocycles. The van der Waals surface area contributed by atoms with Crippen LogP contribution in [0, 0.1) is 0 Å². The van der Waals surface area contributed by atoms with Crippen LogP contribution in [0.4, 0.5) is 11.5 Å². The fourth-order valence-electron chi connectivity index (χ4n) is 3.36. The number of fused-ring (bicyclic) bond motifs is 1. The normalized spacial score (nSPS) is 20.0. The van der Waals surface area contributed by atoms with E-state index in [9.17, 15) is 0 Å². The van der Waals surface area contributed by atoms with Gasteiger partial charge in [-0.1, -0.05) is 24.6 Å². The van der Waals surface area contributed by atoms with Gasteiger partial charge >= 0.3 is 0 Å². The quantitative estimate of drug-likeness (QED) is 0.882. The number of hydrazine groups is 1. The Hall–Kier alpha value is -2.44. The van der Waals surface area contributed by atoms with Crippen molar-refractivity contribution in [2.75, 3.05) is 36.6 Å². The number of nitrogens with one attached hydrogen (secondary N) is 2. The summed E-state index contributed by atoms with van der Waals surface area (Å²) in [5, 5.41) is 0. The molecule has 26 heavy (non-hydrogen) atoms. The van der Waals surface area contributed by atoms with Crippen molar-refractivity contribution in [1.82, 2.24) is 15.4 Å². The molecule has 4 rings (SSSR count). The second-order valence-electron chi connectivity index (χ2n) is 6.79. The summed E-state index contributed by atoms with van der Waals surface area (Å²) in [7, 11) is 0. The van der Waals surface area contributed by atoms with Gasteiger partial charge in [0.05, 0.1) is 30.6 Å². The Bertz CT molecular complexity index is 814. The second-order valence-corrected chi connectivity index (χ2v) is 6.79. The minimum Gasteiger partial charge on any atom is -0.378 e. The molecular formula is C20H25N5O. The van der Waals surface area contributed by atoms with Crippen LogP contribution in [0.15, 0.2) is 36.2 Å². The number of aromatic nitrogens is 2. The van der Waals surface area contributed by atoms with E-state index in [0.717, 1.165) is 49.9 Å². The van der Waals surface area contributed by atoms with Crippen LogP contribution in [-0.4, -0.2) is 36.3 Å². The molecule has 1 aromatic carbocycles. The summed E-state index contributed by atoms with van der Waals surface area (Å²) < 4.78 is 5.44. The van der Waals surface area contributed by atoms with Gasteiger partial charge in [0.15, 0.2) is 0 Å². The van der Waals surface area contributed by atoms with Gasteiger partial charge in [-0.05, 0) is 31.0 Å². The van der Waals surface area contributed by atoms with Crippen LogP contribution in [0.25, 0.3) is 6.08 Å². The first-order valence-corrected chi connectivity index (χ1v) is 9.22. The monoisotopic (exact) mass is 351 g/mol. The first-order chi connectivity index (χ1) is 12.7. The van der Waals surface area contributed by atoms with E-state index in [1.807, 2.05) is 0 Å². The molecule has 1 saturated heterocycles. The number of morpholine rings is 1. The molecule has 1 atom stereocenters. The van der Waals surface area contributed by atoms with Gasteiger partial charge in [-0.15, -0.1) is 0 Å². The highest BCUT2D eigenvalue weighted by molar-refractivity contribution is 5.65. The van der Waals surface area contributed by atoms with E-state index in [2.05, 4.69) is 69.9 Å². The Morgan fingerprint density at radius 3 is 2.92 bits per heavy atom. The van der Waals surface area contributed by atoms with Crippen molar-refractivity contribution in [3.63, 3.8) is 0 Å². The smallest absolute Gasteiger partial charge is 0.132 e. The van der Waals surface area contributed by atoms with Crippen molar-refractivity contribution < 1.29 is 4.74 Å². The molecule has 0 aliphatic carbocycles. The van der Waals surface area contributed by atoms with Gasteiger partial charge in [-0.25, -0.2) is 15.4 Å². The number of rotatable bonds is 4. The summed E-state index contributed by atoms with van der Waals surface area (Å²) in [5.41, 5.74) is 12.5. The molecule has 0 bridgehead atoms. The van der Waals surface area contributed by atoms with Crippen molar-refractivity contribution in [3.8, 4) is 0 Å². The number of ether oxygens (including phenoxy) is 1. The van der Waals surface area contributed by atoms with E-state index >= 15 is 0 Å². The fourth-order valence-corrected chi connectivity index (χ4v) is 3.36. The minimum absolute atomic E-state index is 0.0167. The van der Waals surface area contributed by atoms with Gasteiger partial charge in [0.25, 0.3) is 0 Å². The molecule has 3 heterocycles. The highest BCUT2D eigenvalue weighted by Gasteiger charge is 2.26. The lowest BCUT2D eigenvalue weighted by Gasteiger charge is -2.28. The van der Waals surface area contributed by atoms with Crippen molar-refractivity contribution in [3.05, 3.63) is 53.0 Å². The Kier molecular flexibility index (Phi) is 4.86. The number of benzene rings is 1. The van der Waals surface area contributed by atoms with Crippen LogP contribution in [0.3, 0.4) is 0 Å². The molecule has 1 unspecified atom stereocenters. The summed E-state index contributed by atoms with van der Waals surface area (Å²) in [4.78, 5) is 11.2. The lowest BCUT2D eigenvalue weighted by atomic mass is 9.99. The molecule has 0 amide bonds. The SMILES string of the molecule is CCC(C)=Cc1ccc2c(c1)C(c1cc(N3CCOCC3)ncn1)NN2. The van der Waals surface area contributed by atoms with Gasteiger partial charge in [0.1, 0.15) is 12.1 Å². The zero-order valence-electron chi connectivity index (χ0n) is 15.3. The first kappa shape index (κ1) is 17.0. The predicted octanol–water partition coefficient (Wildman–Crippen LogP) is 3.15. The Morgan fingerprint density at radius 2 is 2.12 bits per heavy atom. The molecule has 6 nitrogen and oxygen atoms in total. The summed E-state index contributed by atoms with van der Waals surface area (Å²) >= 11 is 0. The molecule has 2 aliphatic heterocycles. The van der Waals surface area contributed by atoms with Crippen molar-refractivity contribution >= 4 is 17.6 Å². The maximum Gasteiger partial charge on any atom is 0.132 e. The van der Waals surface area contributed by atoms with Crippen molar-refractivity contribution in [1.29, 1.82) is 0 Å². The third kappa shape index (κ3) is 3.43. The minimum atomic E-state index is 0.0167. The van der Waals surface area contributed by atoms with E-state index in [4.69, 9.17) is 4.74 Å². The second kappa shape index (κ2) is 7.43. The van der Waals surface area contributed by atoms with E-state index in [-0.39, 0.29) is 6.04 Å². The van der Waals surface area contributed by atoms with E-state index < -0.39 is 0 Å². The number of hydrogen-bond acceptors (Lipinski definition) is 6. The molecule has 136 valence electrons. The molecule has 0 radical (unpaired) electrons. The molecule has 2 aromatic rings. The third-order valence-corrected chi connectivity index (χ3v) is 5.01. The number of anilines is 2. The van der Waals surface area contributed by atoms with Crippen LogP contribution < -0.4 is 15.8 Å². The number of nitrogens with zero attached hydrogens (tertiary/aromatic N) is 3.